The Balaban J connectivity index is 1.08. The number of aromatic amines is 1. The number of ether oxygens (including phenoxy) is 3. The zero-order chi connectivity index (χ0) is 27.6. The first-order valence-electron chi connectivity index (χ1n) is 12.9. The van der Waals surface area contributed by atoms with Crippen molar-refractivity contribution in [3.8, 4) is 17.3 Å². The van der Waals surface area contributed by atoms with Gasteiger partial charge in [-0.2, -0.15) is 9.35 Å². The number of fused-ring (bicyclic) bond motifs is 3. The first kappa shape index (κ1) is 25.7. The number of pyridine rings is 2. The molecule has 3 aromatic heterocycles. The minimum Gasteiger partial charge on any atom is -0.456 e. The van der Waals surface area contributed by atoms with Gasteiger partial charge in [-0.3, -0.25) is 0 Å². The van der Waals surface area contributed by atoms with Crippen molar-refractivity contribution in [1.29, 1.82) is 0 Å². The van der Waals surface area contributed by atoms with Crippen molar-refractivity contribution in [3.63, 3.8) is 0 Å². The van der Waals surface area contributed by atoms with Crippen LogP contribution in [0.25, 0.3) is 22.4 Å². The number of nitrogens with zero attached hydrogens (tertiary/aromatic N) is 5. The minimum atomic E-state index is -2.27. The summed E-state index contributed by atoms with van der Waals surface area (Å²) in [7, 11) is -2.27. The van der Waals surface area contributed by atoms with Crippen LogP contribution in [0, 0.1) is 0 Å². The molecule has 0 bridgehead atoms. The van der Waals surface area contributed by atoms with Crippen molar-refractivity contribution in [2.75, 3.05) is 30.6 Å². The Hall–Kier alpha value is -3.29. The van der Waals surface area contributed by atoms with Gasteiger partial charge in [0.15, 0.2) is 17.6 Å². The number of aromatic nitrogens is 4. The average molecular weight is 583 g/mol. The highest BCUT2D eigenvalue weighted by molar-refractivity contribution is 7.92. The number of hydrogen-bond acceptors (Lipinski definition) is 10. The number of imidazole rings is 1. The third-order valence-corrected chi connectivity index (χ3v) is 8.14. The second-order valence-electron chi connectivity index (χ2n) is 10.5. The predicted molar refractivity (Wildman–Crippen MR) is 150 cm³/mol. The Morgan fingerprint density at radius 3 is 2.67 bits per heavy atom. The number of benzene rings is 1. The quantitative estimate of drug-likeness (QED) is 0.362. The van der Waals surface area contributed by atoms with E-state index in [-0.39, 0.29) is 24.9 Å². The largest absolute Gasteiger partial charge is 0.456 e. The van der Waals surface area contributed by atoms with E-state index in [4.69, 9.17) is 30.8 Å². The molecule has 2 fully saturated rings. The SMILES string of the molecule is CS(C)(=O)=Nc1ccc2c(n1)CN(c1ccc(-c3nc4nc(O[C@@H]5CO[C@H]6[C@@H]5OC[C@H]6O)[nH]c4cc3Cl)cc1)C2. The molecule has 0 radical (unpaired) electrons. The van der Waals surface area contributed by atoms with Crippen molar-refractivity contribution in [2.45, 2.75) is 37.5 Å². The molecule has 208 valence electrons. The van der Waals surface area contributed by atoms with Crippen LogP contribution in [0.15, 0.2) is 46.8 Å². The van der Waals surface area contributed by atoms with Crippen LogP contribution in [0.2, 0.25) is 5.02 Å². The lowest BCUT2D eigenvalue weighted by atomic mass is 10.1. The Kier molecular flexibility index (Phi) is 6.20. The van der Waals surface area contributed by atoms with E-state index in [1.54, 1.807) is 18.6 Å². The van der Waals surface area contributed by atoms with Crippen LogP contribution < -0.4 is 9.64 Å². The molecule has 3 aliphatic rings. The number of aliphatic hydroxyl groups excluding tert-OH is 1. The van der Waals surface area contributed by atoms with Crippen LogP contribution >= 0.6 is 11.6 Å². The fourth-order valence-electron chi connectivity index (χ4n) is 5.37. The van der Waals surface area contributed by atoms with Gasteiger partial charge in [0, 0.05) is 40.0 Å². The lowest BCUT2D eigenvalue weighted by Gasteiger charge is -2.17. The van der Waals surface area contributed by atoms with Gasteiger partial charge in [0.1, 0.15) is 18.3 Å². The van der Waals surface area contributed by atoms with Crippen LogP contribution in [-0.4, -0.2) is 79.4 Å². The summed E-state index contributed by atoms with van der Waals surface area (Å²) in [5.74, 6) is 0.500. The first-order valence-corrected chi connectivity index (χ1v) is 15.6. The highest BCUT2D eigenvalue weighted by Crippen LogP contribution is 2.34. The second-order valence-corrected chi connectivity index (χ2v) is 13.5. The van der Waals surface area contributed by atoms with E-state index in [2.05, 4.69) is 24.2 Å². The highest BCUT2D eigenvalue weighted by atomic mass is 35.5. The molecule has 2 N–H and O–H groups in total. The standard InChI is InChI=1S/C27H27ClN6O5S/c1-40(2,36)33-22-8-5-15-10-34(11-19(15)29-22)16-6-3-14(4-7-16)23-17(28)9-18-26(31-23)32-27(30-18)39-21-13-38-24-20(35)12-37-25(21)24/h3-9,20-21,24-25,35H,10-13H2,1-2H3,(H,30,31,32)/t20-,21-,24-,25-/m1/s1. The fraction of sp³-hybridized carbons (Fsp3) is 0.370. The molecule has 11 nitrogen and oxygen atoms in total. The molecule has 0 aliphatic carbocycles. The van der Waals surface area contributed by atoms with Gasteiger partial charge < -0.3 is 29.2 Å². The Labute approximate surface area is 235 Å². The lowest BCUT2D eigenvalue weighted by Crippen LogP contribution is -2.34. The van der Waals surface area contributed by atoms with Crippen LogP contribution in [0.5, 0.6) is 6.01 Å². The fourth-order valence-corrected chi connectivity index (χ4v) is 6.19. The van der Waals surface area contributed by atoms with E-state index in [1.807, 2.05) is 36.4 Å². The zero-order valence-corrected chi connectivity index (χ0v) is 23.4. The van der Waals surface area contributed by atoms with Gasteiger partial charge in [0.2, 0.25) is 0 Å². The van der Waals surface area contributed by atoms with Gasteiger partial charge in [0.05, 0.1) is 41.7 Å². The van der Waals surface area contributed by atoms with E-state index >= 15 is 0 Å². The molecule has 4 atom stereocenters. The molecule has 1 aromatic carbocycles. The zero-order valence-electron chi connectivity index (χ0n) is 21.8. The van der Waals surface area contributed by atoms with Gasteiger partial charge in [0.25, 0.3) is 6.01 Å². The number of hydrogen-bond donors (Lipinski definition) is 2. The number of nitrogens with one attached hydrogen (secondary N) is 1. The van der Waals surface area contributed by atoms with Crippen molar-refractivity contribution in [2.24, 2.45) is 4.36 Å². The number of halogens is 1. The number of rotatable bonds is 5. The molecule has 6 heterocycles. The van der Waals surface area contributed by atoms with Gasteiger partial charge >= 0.3 is 0 Å². The Bertz CT molecular complexity index is 1730. The third kappa shape index (κ3) is 4.79. The molecule has 13 heteroatoms. The normalized spacial score (nSPS) is 23.9. The monoisotopic (exact) mass is 582 g/mol. The first-order chi connectivity index (χ1) is 19.2. The molecule has 0 saturated carbocycles. The van der Waals surface area contributed by atoms with E-state index < -0.39 is 15.8 Å². The van der Waals surface area contributed by atoms with Gasteiger partial charge in [-0.15, -0.1) is 0 Å². The number of anilines is 1. The van der Waals surface area contributed by atoms with Crippen LogP contribution in [-0.2, 0) is 32.3 Å². The van der Waals surface area contributed by atoms with E-state index in [9.17, 15) is 9.32 Å². The van der Waals surface area contributed by atoms with Crippen molar-refractivity contribution >= 4 is 44.0 Å². The van der Waals surface area contributed by atoms with Crippen LogP contribution in [0.3, 0.4) is 0 Å². The van der Waals surface area contributed by atoms with Crippen LogP contribution in [0.4, 0.5) is 11.5 Å². The molecule has 0 spiro atoms. The van der Waals surface area contributed by atoms with E-state index in [0.717, 1.165) is 29.1 Å². The van der Waals surface area contributed by atoms with Crippen molar-refractivity contribution in [1.82, 2.24) is 19.9 Å². The summed E-state index contributed by atoms with van der Waals surface area (Å²) in [6, 6.07) is 13.9. The Morgan fingerprint density at radius 2 is 1.88 bits per heavy atom. The molecule has 7 rings (SSSR count). The Morgan fingerprint density at radius 1 is 1.07 bits per heavy atom. The average Bonchev–Trinajstić information content (AvgIpc) is 3.68. The van der Waals surface area contributed by atoms with Crippen molar-refractivity contribution < 1.29 is 23.5 Å². The minimum absolute atomic E-state index is 0.231. The third-order valence-electron chi connectivity index (χ3n) is 7.22. The summed E-state index contributed by atoms with van der Waals surface area (Å²) < 4.78 is 33.5. The van der Waals surface area contributed by atoms with Gasteiger partial charge in [-0.05, 0) is 29.8 Å². The summed E-state index contributed by atoms with van der Waals surface area (Å²) in [4.78, 5) is 19.2. The molecule has 40 heavy (non-hydrogen) atoms. The summed E-state index contributed by atoms with van der Waals surface area (Å²) >= 11 is 6.63. The second kappa shape index (κ2) is 9.67. The molecule has 2 saturated heterocycles. The van der Waals surface area contributed by atoms with Crippen molar-refractivity contribution in [3.05, 3.63) is 58.7 Å². The molecular formula is C27H27ClN6O5S. The summed E-state index contributed by atoms with van der Waals surface area (Å²) in [5, 5.41) is 10.4. The van der Waals surface area contributed by atoms with E-state index in [0.29, 0.717) is 46.9 Å². The summed E-state index contributed by atoms with van der Waals surface area (Å²) in [5.41, 5.74) is 5.72. The maximum absolute atomic E-state index is 12.0. The number of aliphatic hydroxyl groups is 1. The topological polar surface area (TPSA) is 135 Å². The molecule has 0 amide bonds. The summed E-state index contributed by atoms with van der Waals surface area (Å²) in [6.45, 7) is 1.91. The lowest BCUT2D eigenvalue weighted by molar-refractivity contribution is 0.00706. The molecule has 3 aliphatic heterocycles. The highest BCUT2D eigenvalue weighted by Gasteiger charge is 2.48. The van der Waals surface area contributed by atoms with Gasteiger partial charge in [-0.25, -0.2) is 14.2 Å². The predicted octanol–water partition coefficient (Wildman–Crippen LogP) is 3.46. The van der Waals surface area contributed by atoms with E-state index in [1.165, 1.54) is 0 Å². The van der Waals surface area contributed by atoms with Crippen LogP contribution in [0.1, 0.15) is 11.3 Å². The maximum Gasteiger partial charge on any atom is 0.296 e. The maximum atomic E-state index is 12.0. The summed E-state index contributed by atoms with van der Waals surface area (Å²) in [6.07, 6.45) is 1.46. The number of H-pyrrole nitrogens is 1. The molecular weight excluding hydrogens is 556 g/mol. The molecule has 0 unspecified atom stereocenters. The van der Waals surface area contributed by atoms with Gasteiger partial charge in [-0.1, -0.05) is 29.8 Å². The molecule has 4 aromatic rings. The smallest absolute Gasteiger partial charge is 0.296 e.